The SMILES string of the molecule is CC(NCC1CCCCO1)c1cccc([N+](=O)[O-])c1. The number of rotatable bonds is 5. The van der Waals surface area contributed by atoms with Gasteiger partial charge in [0.15, 0.2) is 0 Å². The first-order valence-electron chi connectivity index (χ1n) is 6.76. The van der Waals surface area contributed by atoms with Crippen LogP contribution < -0.4 is 5.32 Å². The maximum atomic E-state index is 10.7. The first-order valence-corrected chi connectivity index (χ1v) is 6.76. The summed E-state index contributed by atoms with van der Waals surface area (Å²) in [6, 6.07) is 6.86. The van der Waals surface area contributed by atoms with Crippen LogP contribution in [-0.2, 0) is 4.74 Å². The van der Waals surface area contributed by atoms with Crippen molar-refractivity contribution in [3.8, 4) is 0 Å². The van der Waals surface area contributed by atoms with Gasteiger partial charge in [-0.25, -0.2) is 0 Å². The molecule has 1 aromatic carbocycles. The number of benzene rings is 1. The predicted molar refractivity (Wildman–Crippen MR) is 73.1 cm³/mol. The third-order valence-corrected chi connectivity index (χ3v) is 3.51. The third-order valence-electron chi connectivity index (χ3n) is 3.51. The van der Waals surface area contributed by atoms with Gasteiger partial charge in [-0.1, -0.05) is 12.1 Å². The molecule has 1 fully saturated rings. The minimum absolute atomic E-state index is 0.0884. The predicted octanol–water partition coefficient (Wildman–Crippen LogP) is 2.81. The van der Waals surface area contributed by atoms with Gasteiger partial charge < -0.3 is 10.1 Å². The highest BCUT2D eigenvalue weighted by molar-refractivity contribution is 5.35. The lowest BCUT2D eigenvalue weighted by Gasteiger charge is -2.24. The summed E-state index contributed by atoms with van der Waals surface area (Å²) in [5, 5.41) is 14.1. The average Bonchev–Trinajstić information content (AvgIpc) is 2.46. The summed E-state index contributed by atoms with van der Waals surface area (Å²) < 4.78 is 5.66. The van der Waals surface area contributed by atoms with Crippen LogP contribution in [0.15, 0.2) is 24.3 Å². The Hall–Kier alpha value is -1.46. The van der Waals surface area contributed by atoms with Crippen LogP contribution in [0.2, 0.25) is 0 Å². The van der Waals surface area contributed by atoms with Crippen molar-refractivity contribution in [3.63, 3.8) is 0 Å². The van der Waals surface area contributed by atoms with Crippen LogP contribution in [0.1, 0.15) is 37.8 Å². The Kier molecular flexibility index (Phi) is 4.87. The Morgan fingerprint density at radius 3 is 3.05 bits per heavy atom. The minimum Gasteiger partial charge on any atom is -0.377 e. The summed E-state index contributed by atoms with van der Waals surface area (Å²) in [6.45, 7) is 3.66. The third kappa shape index (κ3) is 4.01. The molecule has 5 nitrogen and oxygen atoms in total. The summed E-state index contributed by atoms with van der Waals surface area (Å²) in [7, 11) is 0. The highest BCUT2D eigenvalue weighted by atomic mass is 16.6. The number of hydrogen-bond acceptors (Lipinski definition) is 4. The van der Waals surface area contributed by atoms with Gasteiger partial charge >= 0.3 is 0 Å². The van der Waals surface area contributed by atoms with Crippen LogP contribution >= 0.6 is 0 Å². The first kappa shape index (κ1) is 14.0. The van der Waals surface area contributed by atoms with Crippen molar-refractivity contribution >= 4 is 5.69 Å². The number of non-ortho nitro benzene ring substituents is 1. The Balaban J connectivity index is 1.89. The molecule has 2 rings (SSSR count). The van der Waals surface area contributed by atoms with E-state index in [1.54, 1.807) is 12.1 Å². The molecular weight excluding hydrogens is 244 g/mol. The molecule has 1 N–H and O–H groups in total. The van der Waals surface area contributed by atoms with Crippen molar-refractivity contribution in [2.24, 2.45) is 0 Å². The molecule has 1 aromatic rings. The first-order chi connectivity index (χ1) is 9.16. The lowest BCUT2D eigenvalue weighted by Crippen LogP contribution is -2.33. The van der Waals surface area contributed by atoms with Crippen molar-refractivity contribution in [2.45, 2.75) is 38.3 Å². The van der Waals surface area contributed by atoms with E-state index in [0.717, 1.165) is 31.6 Å². The number of nitro benzene ring substituents is 1. The van der Waals surface area contributed by atoms with Crippen LogP contribution in [-0.4, -0.2) is 24.2 Å². The normalized spacial score (nSPS) is 21.0. The van der Waals surface area contributed by atoms with Crippen molar-refractivity contribution < 1.29 is 9.66 Å². The van der Waals surface area contributed by atoms with E-state index >= 15 is 0 Å². The molecule has 1 saturated heterocycles. The standard InChI is InChI=1S/C14H20N2O3/c1-11(15-10-14-7-2-3-8-19-14)12-5-4-6-13(9-12)16(17)18/h4-6,9,11,14-15H,2-3,7-8,10H2,1H3. The number of hydrogen-bond donors (Lipinski definition) is 1. The molecule has 0 aliphatic carbocycles. The highest BCUT2D eigenvalue weighted by Crippen LogP contribution is 2.19. The molecule has 0 aromatic heterocycles. The zero-order valence-electron chi connectivity index (χ0n) is 11.2. The fourth-order valence-corrected chi connectivity index (χ4v) is 2.30. The fraction of sp³-hybridized carbons (Fsp3) is 0.571. The number of nitrogens with zero attached hydrogens (tertiary/aromatic N) is 1. The molecule has 0 saturated carbocycles. The van der Waals surface area contributed by atoms with E-state index in [4.69, 9.17) is 4.74 Å². The second kappa shape index (κ2) is 6.63. The Morgan fingerprint density at radius 2 is 2.37 bits per heavy atom. The Labute approximate surface area is 113 Å². The van der Waals surface area contributed by atoms with Crippen LogP contribution in [0.3, 0.4) is 0 Å². The molecule has 0 bridgehead atoms. The van der Waals surface area contributed by atoms with Gasteiger partial charge in [0, 0.05) is 31.3 Å². The molecule has 1 aliphatic rings. The molecule has 2 unspecified atom stereocenters. The van der Waals surface area contributed by atoms with E-state index < -0.39 is 0 Å². The molecule has 5 heteroatoms. The second-order valence-electron chi connectivity index (χ2n) is 4.97. The molecule has 19 heavy (non-hydrogen) atoms. The monoisotopic (exact) mass is 264 g/mol. The van der Waals surface area contributed by atoms with Gasteiger partial charge in [0.05, 0.1) is 11.0 Å². The van der Waals surface area contributed by atoms with Crippen LogP contribution in [0.25, 0.3) is 0 Å². The molecular formula is C14H20N2O3. The minimum atomic E-state index is -0.361. The summed E-state index contributed by atoms with van der Waals surface area (Å²) in [6.07, 6.45) is 3.73. The lowest BCUT2D eigenvalue weighted by molar-refractivity contribution is -0.384. The zero-order chi connectivity index (χ0) is 13.7. The van der Waals surface area contributed by atoms with Crippen molar-refractivity contribution in [2.75, 3.05) is 13.2 Å². The number of ether oxygens (including phenoxy) is 1. The zero-order valence-corrected chi connectivity index (χ0v) is 11.2. The summed E-state index contributed by atoms with van der Waals surface area (Å²) in [5.74, 6) is 0. The maximum absolute atomic E-state index is 10.7. The van der Waals surface area contributed by atoms with Gasteiger partial charge in [-0.15, -0.1) is 0 Å². The van der Waals surface area contributed by atoms with Gasteiger partial charge in [-0.2, -0.15) is 0 Å². The molecule has 0 amide bonds. The van der Waals surface area contributed by atoms with Crippen molar-refractivity contribution in [1.82, 2.24) is 5.32 Å². The van der Waals surface area contributed by atoms with Crippen LogP contribution in [0.5, 0.6) is 0 Å². The number of nitro groups is 1. The molecule has 2 atom stereocenters. The van der Waals surface area contributed by atoms with Gasteiger partial charge in [0.1, 0.15) is 0 Å². The average molecular weight is 264 g/mol. The molecule has 1 heterocycles. The Morgan fingerprint density at radius 1 is 1.53 bits per heavy atom. The maximum Gasteiger partial charge on any atom is 0.269 e. The molecule has 1 aliphatic heterocycles. The van der Waals surface area contributed by atoms with Gasteiger partial charge in [0.25, 0.3) is 5.69 Å². The molecule has 104 valence electrons. The van der Waals surface area contributed by atoms with E-state index in [0.29, 0.717) is 0 Å². The lowest BCUT2D eigenvalue weighted by atomic mass is 10.1. The number of nitrogens with one attached hydrogen (secondary N) is 1. The highest BCUT2D eigenvalue weighted by Gasteiger charge is 2.16. The quantitative estimate of drug-likeness (QED) is 0.656. The van der Waals surface area contributed by atoms with Gasteiger partial charge in [-0.05, 0) is 31.7 Å². The van der Waals surface area contributed by atoms with Crippen molar-refractivity contribution in [3.05, 3.63) is 39.9 Å². The van der Waals surface area contributed by atoms with Crippen molar-refractivity contribution in [1.29, 1.82) is 0 Å². The summed E-state index contributed by atoms with van der Waals surface area (Å²) in [4.78, 5) is 10.4. The van der Waals surface area contributed by atoms with E-state index in [1.807, 2.05) is 13.0 Å². The van der Waals surface area contributed by atoms with E-state index in [2.05, 4.69) is 5.32 Å². The van der Waals surface area contributed by atoms with Gasteiger partial charge in [-0.3, -0.25) is 10.1 Å². The van der Waals surface area contributed by atoms with Crippen LogP contribution in [0, 0.1) is 10.1 Å². The smallest absolute Gasteiger partial charge is 0.269 e. The molecule has 0 radical (unpaired) electrons. The fourth-order valence-electron chi connectivity index (χ4n) is 2.30. The second-order valence-corrected chi connectivity index (χ2v) is 4.97. The van der Waals surface area contributed by atoms with Gasteiger partial charge in [0.2, 0.25) is 0 Å². The van der Waals surface area contributed by atoms with E-state index in [9.17, 15) is 10.1 Å². The largest absolute Gasteiger partial charge is 0.377 e. The summed E-state index contributed by atoms with van der Waals surface area (Å²) in [5.41, 5.74) is 1.07. The van der Waals surface area contributed by atoms with E-state index in [-0.39, 0.29) is 22.8 Å². The molecule has 0 spiro atoms. The summed E-state index contributed by atoms with van der Waals surface area (Å²) >= 11 is 0. The Bertz CT molecular complexity index is 430. The van der Waals surface area contributed by atoms with E-state index in [1.165, 1.54) is 12.5 Å². The van der Waals surface area contributed by atoms with Crippen LogP contribution in [0.4, 0.5) is 5.69 Å². The topological polar surface area (TPSA) is 64.4 Å².